The number of carbonyl (C=O) groups excluding carboxylic acids is 3. The summed E-state index contributed by atoms with van der Waals surface area (Å²) in [4.78, 5) is 36.0. The van der Waals surface area contributed by atoms with Crippen LogP contribution in [0.2, 0.25) is 0 Å². The number of carbonyl (C=O) groups is 3. The molecule has 3 fully saturated rings. The molecule has 4 rings (SSSR count). The van der Waals surface area contributed by atoms with Crippen molar-refractivity contribution in [2.45, 2.75) is 77.4 Å². The Morgan fingerprint density at radius 1 is 1.20 bits per heavy atom. The minimum absolute atomic E-state index is 0. The first-order valence-electron chi connectivity index (χ1n) is 10.8. The Bertz CT molecular complexity index is 793. The average molecular weight is 511 g/mol. The van der Waals surface area contributed by atoms with Crippen LogP contribution in [0.15, 0.2) is 11.6 Å². The van der Waals surface area contributed by atoms with Crippen molar-refractivity contribution in [2.75, 3.05) is 6.61 Å². The summed E-state index contributed by atoms with van der Waals surface area (Å²) in [6.07, 6.45) is 5.54. The van der Waals surface area contributed by atoms with E-state index in [1.165, 1.54) is 6.92 Å². The van der Waals surface area contributed by atoms with Gasteiger partial charge in [-0.3, -0.25) is 14.4 Å². The summed E-state index contributed by atoms with van der Waals surface area (Å²) in [7, 11) is 0. The van der Waals surface area contributed by atoms with Gasteiger partial charge in [-0.15, -0.1) is 0 Å². The maximum absolute atomic E-state index is 12.9. The van der Waals surface area contributed by atoms with Gasteiger partial charge < -0.3 is 14.9 Å². The Morgan fingerprint density at radius 3 is 2.57 bits per heavy atom. The molecule has 0 aromatic heterocycles. The van der Waals surface area contributed by atoms with Gasteiger partial charge in [-0.05, 0) is 67.8 Å². The van der Waals surface area contributed by atoms with Crippen LogP contribution in [0.25, 0.3) is 0 Å². The molecule has 0 aromatic rings. The van der Waals surface area contributed by atoms with Crippen LogP contribution >= 0.6 is 0 Å². The van der Waals surface area contributed by atoms with Gasteiger partial charge in [0.15, 0.2) is 12.4 Å². The van der Waals surface area contributed by atoms with Gasteiger partial charge in [0.2, 0.25) is 5.78 Å². The smallest absolute Gasteiger partial charge is 0.303 e. The van der Waals surface area contributed by atoms with Crippen molar-refractivity contribution in [1.29, 1.82) is 0 Å². The maximum atomic E-state index is 12.9. The third-order valence-corrected chi connectivity index (χ3v) is 8.92. The zero-order valence-corrected chi connectivity index (χ0v) is 19.4. The fourth-order valence-corrected chi connectivity index (χ4v) is 7.44. The second-order valence-electron chi connectivity index (χ2n) is 10.2. The Kier molecular flexibility index (Phi) is 6.28. The van der Waals surface area contributed by atoms with Gasteiger partial charge in [-0.2, -0.15) is 0 Å². The topological polar surface area (TPSA) is 101 Å². The Balaban J connectivity index is 0.00000256. The first-order valence-corrected chi connectivity index (χ1v) is 10.8. The van der Waals surface area contributed by atoms with Crippen LogP contribution < -0.4 is 0 Å². The van der Waals surface area contributed by atoms with Gasteiger partial charge in [-0.1, -0.05) is 19.4 Å². The van der Waals surface area contributed by atoms with E-state index in [9.17, 15) is 24.6 Å². The number of ketones is 2. The predicted octanol–water partition coefficient (Wildman–Crippen LogP) is 2.35. The molecule has 7 atom stereocenters. The minimum Gasteiger partial charge on any atom is -0.458 e. The van der Waals surface area contributed by atoms with Crippen LogP contribution in [-0.4, -0.2) is 46.1 Å². The molecule has 0 spiro atoms. The molecule has 0 aliphatic heterocycles. The summed E-state index contributed by atoms with van der Waals surface area (Å²) < 4.78 is 4.89. The van der Waals surface area contributed by atoms with E-state index in [1.54, 1.807) is 6.08 Å². The number of rotatable bonds is 3. The van der Waals surface area contributed by atoms with Gasteiger partial charge in [0, 0.05) is 39.2 Å². The molecule has 0 amide bonds. The molecule has 0 radical (unpaired) electrons. The SMILES string of the molecule is CC(=O)OCC(=O)[C@@]1(O)CC[C@H]2[C@@H]3CCC4=CC(=O)CC[C@]4(C)[C@H]3[C@@H](O)C[C@@]21C.[Pd]. The fraction of sp³-hybridized carbons (Fsp3) is 0.783. The Labute approximate surface area is 191 Å². The Morgan fingerprint density at radius 2 is 1.90 bits per heavy atom. The van der Waals surface area contributed by atoms with E-state index in [1.807, 2.05) is 6.92 Å². The number of aliphatic hydroxyl groups excluding tert-OH is 1. The summed E-state index contributed by atoms with van der Waals surface area (Å²) in [5.41, 5.74) is -1.36. The van der Waals surface area contributed by atoms with E-state index in [0.717, 1.165) is 31.3 Å². The summed E-state index contributed by atoms with van der Waals surface area (Å²) in [6.45, 7) is 4.92. The van der Waals surface area contributed by atoms with Crippen molar-refractivity contribution in [3.05, 3.63) is 11.6 Å². The predicted molar refractivity (Wildman–Crippen MR) is 105 cm³/mol. The van der Waals surface area contributed by atoms with Crippen molar-refractivity contribution < 1.29 is 49.8 Å². The molecule has 7 heteroatoms. The minimum atomic E-state index is -1.58. The summed E-state index contributed by atoms with van der Waals surface area (Å²) in [5, 5.41) is 22.8. The van der Waals surface area contributed by atoms with E-state index in [0.29, 0.717) is 19.3 Å². The third-order valence-electron chi connectivity index (χ3n) is 8.92. The quantitative estimate of drug-likeness (QED) is 0.446. The molecule has 6 nitrogen and oxygen atoms in total. The summed E-state index contributed by atoms with van der Waals surface area (Å²) >= 11 is 0. The number of fused-ring (bicyclic) bond motifs is 5. The first kappa shape index (κ1) is 23.8. The van der Waals surface area contributed by atoms with E-state index in [-0.39, 0.29) is 49.4 Å². The maximum Gasteiger partial charge on any atom is 0.303 e. The van der Waals surface area contributed by atoms with Gasteiger partial charge in [0.1, 0.15) is 5.60 Å². The molecule has 4 aliphatic carbocycles. The molecule has 30 heavy (non-hydrogen) atoms. The second-order valence-corrected chi connectivity index (χ2v) is 10.2. The molecule has 170 valence electrons. The van der Waals surface area contributed by atoms with Crippen LogP contribution in [0.3, 0.4) is 0 Å². The fourth-order valence-electron chi connectivity index (χ4n) is 7.44. The van der Waals surface area contributed by atoms with E-state index < -0.39 is 35.5 Å². The standard InChI is InChI=1S/C23H32O6.Pd/c1-13(24)29-12-19(27)23(28)9-7-17-16-5-4-14-10-15(25)6-8-21(14,2)20(16)18(26)11-22(17,23)3;/h10,16-18,20,26,28H,4-9,11-12H2,1-3H3;/t16-,17-,18-,20+,21-,22-,23-;/m0./s1. The van der Waals surface area contributed by atoms with Crippen molar-refractivity contribution in [3.8, 4) is 0 Å². The number of ether oxygens (including phenoxy) is 1. The van der Waals surface area contributed by atoms with Gasteiger partial charge in [0.05, 0.1) is 6.10 Å². The number of esters is 1. The monoisotopic (exact) mass is 510 g/mol. The van der Waals surface area contributed by atoms with Crippen molar-refractivity contribution in [1.82, 2.24) is 0 Å². The zero-order valence-electron chi connectivity index (χ0n) is 17.9. The molecule has 2 N–H and O–H groups in total. The third kappa shape index (κ3) is 3.28. The van der Waals surface area contributed by atoms with Crippen molar-refractivity contribution >= 4 is 17.5 Å². The van der Waals surface area contributed by atoms with Crippen LogP contribution in [-0.2, 0) is 39.5 Å². The van der Waals surface area contributed by atoms with E-state index in [2.05, 4.69) is 6.92 Å². The molecular weight excluding hydrogens is 479 g/mol. The largest absolute Gasteiger partial charge is 0.458 e. The van der Waals surface area contributed by atoms with Gasteiger partial charge in [-0.25, -0.2) is 0 Å². The van der Waals surface area contributed by atoms with E-state index >= 15 is 0 Å². The van der Waals surface area contributed by atoms with Gasteiger partial charge >= 0.3 is 5.97 Å². The number of hydrogen-bond donors (Lipinski definition) is 2. The van der Waals surface area contributed by atoms with Crippen molar-refractivity contribution in [3.63, 3.8) is 0 Å². The molecule has 3 saturated carbocycles. The molecular formula is C23H32O6Pd. The number of allylic oxidation sites excluding steroid dienone is 1. The summed E-state index contributed by atoms with van der Waals surface area (Å²) in [6, 6.07) is 0. The molecule has 0 bridgehead atoms. The van der Waals surface area contributed by atoms with E-state index in [4.69, 9.17) is 4.74 Å². The van der Waals surface area contributed by atoms with Gasteiger partial charge in [0.25, 0.3) is 0 Å². The average Bonchev–Trinajstić information content (AvgIpc) is 2.91. The second kappa shape index (κ2) is 7.92. The number of aliphatic hydroxyl groups is 2. The van der Waals surface area contributed by atoms with Crippen LogP contribution in [0.1, 0.15) is 65.7 Å². The zero-order chi connectivity index (χ0) is 21.2. The summed E-state index contributed by atoms with van der Waals surface area (Å²) in [5.74, 6) is -0.462. The number of hydrogen-bond acceptors (Lipinski definition) is 6. The normalized spacial score (nSPS) is 44.7. The molecule has 0 aromatic carbocycles. The number of Topliss-reactive ketones (excluding diaryl/α,β-unsaturated/α-hetero) is 1. The van der Waals surface area contributed by atoms with Crippen LogP contribution in [0.4, 0.5) is 0 Å². The molecule has 0 unspecified atom stereocenters. The van der Waals surface area contributed by atoms with Crippen LogP contribution in [0, 0.1) is 28.6 Å². The van der Waals surface area contributed by atoms with Crippen molar-refractivity contribution in [2.24, 2.45) is 28.6 Å². The molecule has 4 aliphatic rings. The Hall–Kier alpha value is -0.868. The first-order chi connectivity index (χ1) is 13.5. The molecule has 0 saturated heterocycles. The van der Waals surface area contributed by atoms with Crippen LogP contribution in [0.5, 0.6) is 0 Å². The molecule has 0 heterocycles.